The third-order valence-corrected chi connectivity index (χ3v) is 4.56. The van der Waals surface area contributed by atoms with Crippen LogP contribution in [0.2, 0.25) is 0 Å². The minimum absolute atomic E-state index is 0.0877. The van der Waals surface area contributed by atoms with Crippen LogP contribution in [0.4, 0.5) is 19.7 Å². The minimum atomic E-state index is -0.831. The SMILES string of the molecule is CCOC(=O)NC(=O)NCCSc1nonc1C(=N)Nc1ccc(F)c(Br)c1. The van der Waals surface area contributed by atoms with Gasteiger partial charge in [-0.2, -0.15) is 0 Å². The normalized spacial score (nSPS) is 10.2. The summed E-state index contributed by atoms with van der Waals surface area (Å²) in [4.78, 5) is 22.6. The lowest BCUT2D eigenvalue weighted by molar-refractivity contribution is 0.153. The monoisotopic (exact) mass is 474 g/mol. The highest BCUT2D eigenvalue weighted by atomic mass is 79.9. The van der Waals surface area contributed by atoms with Crippen molar-refractivity contribution >= 4 is 51.3 Å². The van der Waals surface area contributed by atoms with Crippen LogP contribution in [0.1, 0.15) is 12.6 Å². The number of carbonyl (C=O) groups excluding carboxylic acids is 2. The topological polar surface area (TPSA) is 142 Å². The Labute approximate surface area is 171 Å². The summed E-state index contributed by atoms with van der Waals surface area (Å²) >= 11 is 4.26. The molecule has 0 radical (unpaired) electrons. The Bertz CT molecular complexity index is 865. The second-order valence-electron chi connectivity index (χ2n) is 5.00. The summed E-state index contributed by atoms with van der Waals surface area (Å²) < 4.78 is 22.8. The third-order valence-electron chi connectivity index (χ3n) is 3.00. The fourth-order valence-corrected chi connectivity index (χ4v) is 2.96. The Balaban J connectivity index is 1.82. The first kappa shape index (κ1) is 21.6. The van der Waals surface area contributed by atoms with Crippen molar-refractivity contribution < 1.29 is 23.3 Å². The lowest BCUT2D eigenvalue weighted by Gasteiger charge is -2.08. The van der Waals surface area contributed by atoms with Gasteiger partial charge >= 0.3 is 12.1 Å². The zero-order chi connectivity index (χ0) is 20.5. The van der Waals surface area contributed by atoms with Gasteiger partial charge in [-0.15, -0.1) is 0 Å². The van der Waals surface area contributed by atoms with E-state index in [1.54, 1.807) is 6.92 Å². The van der Waals surface area contributed by atoms with Gasteiger partial charge in [0.2, 0.25) is 0 Å². The van der Waals surface area contributed by atoms with Gasteiger partial charge in [-0.25, -0.2) is 23.9 Å². The van der Waals surface area contributed by atoms with Crippen LogP contribution in [0.5, 0.6) is 0 Å². The van der Waals surface area contributed by atoms with Crippen LogP contribution in [-0.2, 0) is 4.74 Å². The third kappa shape index (κ3) is 6.49. The number of carbonyl (C=O) groups is 2. The lowest BCUT2D eigenvalue weighted by Crippen LogP contribution is -2.40. The molecule has 0 aliphatic heterocycles. The molecular weight excluding hydrogens is 459 g/mol. The molecule has 10 nitrogen and oxygen atoms in total. The molecule has 1 heterocycles. The number of amides is 3. The van der Waals surface area contributed by atoms with E-state index >= 15 is 0 Å². The van der Waals surface area contributed by atoms with Gasteiger partial charge in [0, 0.05) is 18.0 Å². The number of rotatable bonds is 7. The number of benzene rings is 1. The minimum Gasteiger partial charge on any atom is -0.450 e. The molecule has 2 aromatic rings. The van der Waals surface area contributed by atoms with Crippen LogP contribution in [0.15, 0.2) is 32.3 Å². The van der Waals surface area contributed by atoms with Gasteiger partial charge in [-0.3, -0.25) is 5.41 Å². The summed E-state index contributed by atoms with van der Waals surface area (Å²) in [6.07, 6.45) is -0.831. The van der Waals surface area contributed by atoms with Crippen molar-refractivity contribution in [3.05, 3.63) is 34.2 Å². The van der Waals surface area contributed by atoms with Gasteiger partial charge in [-0.1, -0.05) is 11.8 Å². The zero-order valence-electron chi connectivity index (χ0n) is 14.5. The average molecular weight is 475 g/mol. The van der Waals surface area contributed by atoms with E-state index in [0.717, 1.165) is 0 Å². The van der Waals surface area contributed by atoms with E-state index in [1.807, 2.05) is 5.32 Å². The fraction of sp³-hybridized carbons (Fsp3) is 0.267. The molecular formula is C15H16BrFN6O4S. The molecule has 28 heavy (non-hydrogen) atoms. The molecule has 0 aliphatic rings. The Morgan fingerprint density at radius 1 is 1.39 bits per heavy atom. The van der Waals surface area contributed by atoms with E-state index in [4.69, 9.17) is 5.41 Å². The van der Waals surface area contributed by atoms with Crippen molar-refractivity contribution in [3.8, 4) is 0 Å². The smallest absolute Gasteiger partial charge is 0.415 e. The second kappa shape index (κ2) is 10.6. The van der Waals surface area contributed by atoms with Gasteiger partial charge < -0.3 is 15.4 Å². The van der Waals surface area contributed by atoms with Crippen molar-refractivity contribution in [1.29, 1.82) is 5.41 Å². The molecule has 1 aromatic heterocycles. The van der Waals surface area contributed by atoms with E-state index in [9.17, 15) is 14.0 Å². The Morgan fingerprint density at radius 2 is 2.18 bits per heavy atom. The number of hydrogen-bond donors (Lipinski definition) is 4. The number of ether oxygens (including phenoxy) is 1. The van der Waals surface area contributed by atoms with E-state index in [2.05, 4.69) is 46.2 Å². The Kier molecular flexibility index (Phi) is 8.19. The van der Waals surface area contributed by atoms with Gasteiger partial charge in [0.05, 0.1) is 11.1 Å². The van der Waals surface area contributed by atoms with Gasteiger partial charge in [0.25, 0.3) is 0 Å². The van der Waals surface area contributed by atoms with Crippen LogP contribution in [0.25, 0.3) is 0 Å². The summed E-state index contributed by atoms with van der Waals surface area (Å²) in [5.41, 5.74) is 0.649. The van der Waals surface area contributed by atoms with Crippen molar-refractivity contribution in [1.82, 2.24) is 20.9 Å². The van der Waals surface area contributed by atoms with Crippen LogP contribution in [0, 0.1) is 11.2 Å². The highest BCUT2D eigenvalue weighted by Crippen LogP contribution is 2.22. The molecule has 3 amide bonds. The zero-order valence-corrected chi connectivity index (χ0v) is 16.9. The molecule has 0 saturated heterocycles. The first-order valence-electron chi connectivity index (χ1n) is 7.88. The molecule has 0 spiro atoms. The summed E-state index contributed by atoms with van der Waals surface area (Å²) in [6, 6.07) is 3.52. The van der Waals surface area contributed by atoms with Crippen LogP contribution >= 0.6 is 27.7 Å². The number of alkyl carbamates (subject to hydrolysis) is 1. The summed E-state index contributed by atoms with van der Waals surface area (Å²) in [5.74, 6) is -0.126. The first-order valence-corrected chi connectivity index (χ1v) is 9.66. The molecule has 2 rings (SSSR count). The number of nitrogens with one attached hydrogen (secondary N) is 4. The molecule has 0 saturated carbocycles. The Morgan fingerprint density at radius 3 is 2.89 bits per heavy atom. The van der Waals surface area contributed by atoms with Crippen LogP contribution in [0.3, 0.4) is 0 Å². The lowest BCUT2D eigenvalue weighted by atomic mass is 10.3. The van der Waals surface area contributed by atoms with Crippen LogP contribution in [-0.4, -0.2) is 47.2 Å². The molecule has 0 aliphatic carbocycles. The van der Waals surface area contributed by atoms with E-state index in [0.29, 0.717) is 16.5 Å². The molecule has 150 valence electrons. The maximum absolute atomic E-state index is 13.3. The molecule has 0 bridgehead atoms. The molecule has 1 aromatic carbocycles. The van der Waals surface area contributed by atoms with E-state index in [-0.39, 0.29) is 29.2 Å². The number of amidine groups is 1. The number of nitrogens with zero attached hydrogens (tertiary/aromatic N) is 2. The van der Waals surface area contributed by atoms with Gasteiger partial charge in [0.15, 0.2) is 16.6 Å². The number of imide groups is 1. The van der Waals surface area contributed by atoms with Gasteiger partial charge in [0.1, 0.15) is 5.82 Å². The number of thioether (sulfide) groups is 1. The molecule has 0 unspecified atom stereocenters. The van der Waals surface area contributed by atoms with Crippen molar-refractivity contribution in [3.63, 3.8) is 0 Å². The fourth-order valence-electron chi connectivity index (χ4n) is 1.82. The van der Waals surface area contributed by atoms with Crippen molar-refractivity contribution in [2.45, 2.75) is 11.9 Å². The Hall–Kier alpha value is -2.67. The maximum atomic E-state index is 13.3. The molecule has 4 N–H and O–H groups in total. The maximum Gasteiger partial charge on any atom is 0.415 e. The number of halogens is 2. The average Bonchev–Trinajstić information content (AvgIpc) is 3.10. The standard InChI is InChI=1S/C15H16BrFN6O4S/c1-2-26-15(25)21-14(24)19-5-6-28-13-11(22-27-23-13)12(18)20-8-3-4-10(17)9(16)7-8/h3-4,7H,2,5-6H2,1H3,(H2,18,20)(H2,19,21,24,25). The van der Waals surface area contributed by atoms with Gasteiger partial charge in [-0.05, 0) is 51.4 Å². The summed E-state index contributed by atoms with van der Waals surface area (Å²) in [7, 11) is 0. The van der Waals surface area contributed by atoms with Crippen LogP contribution < -0.4 is 16.0 Å². The second-order valence-corrected chi connectivity index (χ2v) is 6.93. The highest BCUT2D eigenvalue weighted by Gasteiger charge is 2.16. The highest BCUT2D eigenvalue weighted by molar-refractivity contribution is 9.10. The number of anilines is 1. The molecule has 13 heteroatoms. The summed E-state index contributed by atoms with van der Waals surface area (Å²) in [5, 5.41) is 23.1. The predicted octanol–water partition coefficient (Wildman–Crippen LogP) is 2.96. The number of hydrogen-bond acceptors (Lipinski definition) is 8. The first-order chi connectivity index (χ1) is 13.4. The molecule has 0 atom stereocenters. The molecule has 0 fully saturated rings. The van der Waals surface area contributed by atoms with Crippen molar-refractivity contribution in [2.24, 2.45) is 0 Å². The summed E-state index contributed by atoms with van der Waals surface area (Å²) in [6.45, 7) is 2.00. The quantitative estimate of drug-likeness (QED) is 0.207. The largest absolute Gasteiger partial charge is 0.450 e. The van der Waals surface area contributed by atoms with E-state index < -0.39 is 17.9 Å². The predicted molar refractivity (Wildman–Crippen MR) is 103 cm³/mol. The number of urea groups is 1. The number of aromatic nitrogens is 2. The van der Waals surface area contributed by atoms with Crippen molar-refractivity contribution in [2.75, 3.05) is 24.2 Å². The van der Waals surface area contributed by atoms with E-state index in [1.165, 1.54) is 30.0 Å².